The molecule has 1 atom stereocenters. The summed E-state index contributed by atoms with van der Waals surface area (Å²) >= 11 is 0. The quantitative estimate of drug-likeness (QED) is 0.818. The molecule has 4 nitrogen and oxygen atoms in total. The minimum atomic E-state index is -0.963. The van der Waals surface area contributed by atoms with Gasteiger partial charge in [0.25, 0.3) is 0 Å². The van der Waals surface area contributed by atoms with Gasteiger partial charge in [-0.05, 0) is 20.2 Å². The number of aliphatic carboxylic acids is 1. The van der Waals surface area contributed by atoms with E-state index in [4.69, 9.17) is 4.74 Å². The van der Waals surface area contributed by atoms with E-state index < -0.39 is 11.5 Å². The van der Waals surface area contributed by atoms with Crippen molar-refractivity contribution in [2.45, 2.75) is 12.0 Å². The van der Waals surface area contributed by atoms with Gasteiger partial charge in [-0.1, -0.05) is 18.2 Å². The summed E-state index contributed by atoms with van der Waals surface area (Å²) < 4.78 is 5.49. The summed E-state index contributed by atoms with van der Waals surface area (Å²) in [6.45, 7) is 0.432. The van der Waals surface area contributed by atoms with Crippen LogP contribution in [0.2, 0.25) is 0 Å². The number of nitrogens with zero attached hydrogens (tertiary/aromatic N) is 1. The van der Waals surface area contributed by atoms with E-state index in [1.165, 1.54) is 0 Å². The molecular weight excluding hydrogens is 206 g/mol. The fourth-order valence-electron chi connectivity index (χ4n) is 2.26. The summed E-state index contributed by atoms with van der Waals surface area (Å²) in [4.78, 5) is 13.3. The van der Waals surface area contributed by atoms with Crippen molar-refractivity contribution < 1.29 is 14.6 Å². The molecule has 1 aliphatic rings. The largest absolute Gasteiger partial charge is 0.493 e. The molecule has 1 aliphatic heterocycles. The minimum absolute atomic E-state index is 0.432. The molecule has 1 aromatic rings. The maximum Gasteiger partial charge on any atom is 0.329 e. The molecule has 1 N–H and O–H groups in total. The van der Waals surface area contributed by atoms with Gasteiger partial charge < -0.3 is 9.84 Å². The number of rotatable bonds is 2. The summed E-state index contributed by atoms with van der Waals surface area (Å²) in [5.74, 6) is -0.155. The van der Waals surface area contributed by atoms with Crippen molar-refractivity contribution in [3.8, 4) is 5.75 Å². The number of ether oxygens (including phenoxy) is 1. The van der Waals surface area contributed by atoms with Gasteiger partial charge in [0.1, 0.15) is 5.75 Å². The molecule has 0 amide bonds. The van der Waals surface area contributed by atoms with Crippen LogP contribution in [0.1, 0.15) is 12.0 Å². The average molecular weight is 221 g/mol. The first-order valence-corrected chi connectivity index (χ1v) is 5.22. The zero-order valence-corrected chi connectivity index (χ0v) is 9.43. The molecule has 4 heteroatoms. The average Bonchev–Trinajstić information content (AvgIpc) is 2.27. The highest BCUT2D eigenvalue weighted by atomic mass is 16.5. The van der Waals surface area contributed by atoms with Crippen LogP contribution >= 0.6 is 0 Å². The first-order chi connectivity index (χ1) is 7.59. The maximum atomic E-state index is 11.6. The van der Waals surface area contributed by atoms with Crippen molar-refractivity contribution in [2.24, 2.45) is 0 Å². The lowest BCUT2D eigenvalue weighted by Gasteiger charge is -2.40. The normalized spacial score (nSPS) is 23.7. The molecule has 0 bridgehead atoms. The van der Waals surface area contributed by atoms with Gasteiger partial charge in [0.05, 0.1) is 6.61 Å². The van der Waals surface area contributed by atoms with Gasteiger partial charge in [0.15, 0.2) is 5.54 Å². The van der Waals surface area contributed by atoms with Gasteiger partial charge in [-0.15, -0.1) is 0 Å². The van der Waals surface area contributed by atoms with Crippen LogP contribution in [0.15, 0.2) is 24.3 Å². The predicted octanol–water partition coefficient (Wildman–Crippen LogP) is 1.31. The Labute approximate surface area is 94.4 Å². The molecule has 0 aromatic heterocycles. The van der Waals surface area contributed by atoms with E-state index in [9.17, 15) is 9.90 Å². The monoisotopic (exact) mass is 221 g/mol. The molecule has 0 fully saturated rings. The zero-order valence-electron chi connectivity index (χ0n) is 9.43. The molecule has 1 aromatic carbocycles. The van der Waals surface area contributed by atoms with Crippen LogP contribution in [0.4, 0.5) is 0 Å². The van der Waals surface area contributed by atoms with E-state index in [1.54, 1.807) is 19.0 Å². The Bertz CT molecular complexity index is 416. The number of hydrogen-bond donors (Lipinski definition) is 1. The Morgan fingerprint density at radius 1 is 1.44 bits per heavy atom. The molecular formula is C12H15NO3. The van der Waals surface area contributed by atoms with Gasteiger partial charge in [-0.2, -0.15) is 0 Å². The summed E-state index contributed by atoms with van der Waals surface area (Å²) in [5.41, 5.74) is -0.228. The van der Waals surface area contributed by atoms with Crippen LogP contribution in [0.3, 0.4) is 0 Å². The summed E-state index contributed by atoms with van der Waals surface area (Å²) in [6, 6.07) is 7.33. The number of carboxylic acid groups (broad SMARTS) is 1. The molecule has 0 spiro atoms. The predicted molar refractivity (Wildman–Crippen MR) is 59.6 cm³/mol. The molecule has 16 heavy (non-hydrogen) atoms. The van der Waals surface area contributed by atoms with Crippen molar-refractivity contribution in [3.63, 3.8) is 0 Å². The number of carbonyl (C=O) groups is 1. The number of carboxylic acids is 1. The summed E-state index contributed by atoms with van der Waals surface area (Å²) in [6.07, 6.45) is 0.465. The fourth-order valence-corrected chi connectivity index (χ4v) is 2.26. The minimum Gasteiger partial charge on any atom is -0.493 e. The van der Waals surface area contributed by atoms with Gasteiger partial charge in [-0.3, -0.25) is 4.90 Å². The number of hydrogen-bond acceptors (Lipinski definition) is 3. The summed E-state index contributed by atoms with van der Waals surface area (Å²) in [5, 5.41) is 9.51. The van der Waals surface area contributed by atoms with Crippen molar-refractivity contribution in [2.75, 3.05) is 20.7 Å². The van der Waals surface area contributed by atoms with E-state index in [2.05, 4.69) is 0 Å². The molecule has 0 radical (unpaired) electrons. The smallest absolute Gasteiger partial charge is 0.329 e. The van der Waals surface area contributed by atoms with Crippen LogP contribution in [0.25, 0.3) is 0 Å². The van der Waals surface area contributed by atoms with Gasteiger partial charge in [0.2, 0.25) is 0 Å². The highest BCUT2D eigenvalue weighted by Gasteiger charge is 2.46. The highest BCUT2D eigenvalue weighted by molar-refractivity contribution is 5.82. The van der Waals surface area contributed by atoms with Crippen molar-refractivity contribution in [1.29, 1.82) is 0 Å². The molecule has 0 aliphatic carbocycles. The number of benzene rings is 1. The third-order valence-electron chi connectivity index (χ3n) is 3.17. The Hall–Kier alpha value is -1.55. The SMILES string of the molecule is CN(C)[C@]1(C(=O)O)CCOc2ccccc21. The second kappa shape index (κ2) is 3.79. The van der Waals surface area contributed by atoms with Crippen LogP contribution in [0.5, 0.6) is 5.75 Å². The summed E-state index contributed by atoms with van der Waals surface area (Å²) in [7, 11) is 3.58. The first kappa shape index (κ1) is 11.0. The lowest BCUT2D eigenvalue weighted by atomic mass is 9.83. The number of likely N-dealkylation sites (N-methyl/N-ethyl adjacent to an activating group) is 1. The van der Waals surface area contributed by atoms with Gasteiger partial charge >= 0.3 is 5.97 Å². The topological polar surface area (TPSA) is 49.8 Å². The van der Waals surface area contributed by atoms with Crippen LogP contribution in [-0.2, 0) is 10.3 Å². The Kier molecular flexibility index (Phi) is 2.59. The van der Waals surface area contributed by atoms with Gasteiger partial charge in [-0.25, -0.2) is 4.79 Å². The molecule has 0 unspecified atom stereocenters. The number of para-hydroxylation sites is 1. The maximum absolute atomic E-state index is 11.6. The van der Waals surface area contributed by atoms with Crippen LogP contribution in [-0.4, -0.2) is 36.7 Å². The zero-order chi connectivity index (χ0) is 11.8. The van der Waals surface area contributed by atoms with E-state index >= 15 is 0 Å². The van der Waals surface area contributed by atoms with Crippen molar-refractivity contribution in [3.05, 3.63) is 29.8 Å². The molecule has 0 saturated heterocycles. The second-order valence-electron chi connectivity index (χ2n) is 4.15. The Morgan fingerprint density at radius 3 is 2.75 bits per heavy atom. The number of fused-ring (bicyclic) bond motifs is 1. The molecule has 86 valence electrons. The molecule has 2 rings (SSSR count). The van der Waals surface area contributed by atoms with Crippen LogP contribution < -0.4 is 4.74 Å². The third-order valence-corrected chi connectivity index (χ3v) is 3.17. The molecule has 0 saturated carbocycles. The van der Waals surface area contributed by atoms with E-state index in [1.807, 2.05) is 24.3 Å². The Balaban J connectivity index is 2.61. The Morgan fingerprint density at radius 2 is 2.12 bits per heavy atom. The van der Waals surface area contributed by atoms with Crippen LogP contribution in [0, 0.1) is 0 Å². The molecule has 1 heterocycles. The highest BCUT2D eigenvalue weighted by Crippen LogP contribution is 2.40. The third kappa shape index (κ3) is 1.38. The van der Waals surface area contributed by atoms with Gasteiger partial charge in [0, 0.05) is 12.0 Å². The van der Waals surface area contributed by atoms with E-state index in [0.717, 1.165) is 5.56 Å². The van der Waals surface area contributed by atoms with Crippen molar-refractivity contribution >= 4 is 5.97 Å². The second-order valence-corrected chi connectivity index (χ2v) is 4.15. The van der Waals surface area contributed by atoms with E-state index in [0.29, 0.717) is 18.8 Å². The lowest BCUT2D eigenvalue weighted by molar-refractivity contribution is -0.152. The first-order valence-electron chi connectivity index (χ1n) is 5.22. The standard InChI is InChI=1S/C12H15NO3/c1-13(2)12(11(14)15)7-8-16-10-6-4-3-5-9(10)12/h3-6H,7-8H2,1-2H3,(H,14,15)/t12-/m1/s1. The van der Waals surface area contributed by atoms with E-state index in [-0.39, 0.29) is 0 Å². The van der Waals surface area contributed by atoms with Crippen molar-refractivity contribution in [1.82, 2.24) is 4.90 Å². The lowest BCUT2D eigenvalue weighted by Crippen LogP contribution is -2.51. The fraction of sp³-hybridized carbons (Fsp3) is 0.417.